The van der Waals surface area contributed by atoms with Gasteiger partial charge in [-0.2, -0.15) is 0 Å². The number of nitrogens with zero attached hydrogens (tertiary/aromatic N) is 3. The van der Waals surface area contributed by atoms with Crippen LogP contribution in [0.2, 0.25) is 0 Å². The van der Waals surface area contributed by atoms with Gasteiger partial charge in [-0.15, -0.1) is 0 Å². The number of aromatic nitrogens is 1. The van der Waals surface area contributed by atoms with Crippen LogP contribution >= 0.6 is 0 Å². The van der Waals surface area contributed by atoms with Gasteiger partial charge in [-0.05, 0) is 23.8 Å². The molecule has 0 aliphatic heterocycles. The van der Waals surface area contributed by atoms with E-state index in [-0.39, 0.29) is 16.3 Å². The van der Waals surface area contributed by atoms with Crippen molar-refractivity contribution in [3.63, 3.8) is 0 Å². The Morgan fingerprint density at radius 3 is 2.54 bits per heavy atom. The van der Waals surface area contributed by atoms with Crippen molar-refractivity contribution in [3.8, 4) is 0 Å². The van der Waals surface area contributed by atoms with Crippen molar-refractivity contribution in [1.82, 2.24) is 4.98 Å². The number of primary sulfonamides is 1. The van der Waals surface area contributed by atoms with Crippen molar-refractivity contribution >= 4 is 38.1 Å². The highest BCUT2D eigenvalue weighted by Gasteiger charge is 2.16. The van der Waals surface area contributed by atoms with Gasteiger partial charge in [0.05, 0.1) is 15.3 Å². The summed E-state index contributed by atoms with van der Waals surface area (Å²) in [4.78, 5) is 16.6. The minimum absolute atomic E-state index is 0.283. The number of rotatable bonds is 6. The summed E-state index contributed by atoms with van der Waals surface area (Å²) in [5.41, 5.74) is 1.65. The fourth-order valence-electron chi connectivity index (χ4n) is 2.76. The molecule has 28 heavy (non-hydrogen) atoms. The summed E-state index contributed by atoms with van der Waals surface area (Å²) in [6.07, 6.45) is 0. The zero-order chi connectivity index (χ0) is 20.5. The highest BCUT2D eigenvalue weighted by Crippen LogP contribution is 2.26. The Balaban J connectivity index is 2.00. The second-order valence-corrected chi connectivity index (χ2v) is 7.98. The predicted octanol–water partition coefficient (Wildman–Crippen LogP) is 2.47. The Kier molecular flexibility index (Phi) is 5.16. The third kappa shape index (κ3) is 4.18. The molecule has 0 saturated carbocycles. The lowest BCUT2D eigenvalue weighted by atomic mass is 10.1. The Hall–Kier alpha value is -3.24. The summed E-state index contributed by atoms with van der Waals surface area (Å²) < 4.78 is 23.3. The molecule has 3 rings (SSSR count). The second kappa shape index (κ2) is 7.41. The first-order valence-corrected chi connectivity index (χ1v) is 9.82. The maximum Gasteiger partial charge on any atom is 0.272 e. The van der Waals surface area contributed by atoms with Gasteiger partial charge < -0.3 is 10.2 Å². The van der Waals surface area contributed by atoms with Crippen molar-refractivity contribution in [2.75, 3.05) is 24.3 Å². The van der Waals surface area contributed by atoms with E-state index >= 15 is 0 Å². The van der Waals surface area contributed by atoms with Crippen LogP contribution in [-0.2, 0) is 16.6 Å². The molecule has 0 atom stereocenters. The first kappa shape index (κ1) is 19.5. The van der Waals surface area contributed by atoms with Crippen LogP contribution in [0.25, 0.3) is 10.9 Å². The molecule has 10 heteroatoms. The van der Waals surface area contributed by atoms with Gasteiger partial charge >= 0.3 is 0 Å². The number of benzene rings is 2. The highest BCUT2D eigenvalue weighted by molar-refractivity contribution is 7.89. The minimum atomic E-state index is -4.08. The molecule has 0 bridgehead atoms. The van der Waals surface area contributed by atoms with E-state index in [1.165, 1.54) is 12.1 Å². The molecule has 0 radical (unpaired) electrons. The number of nitrogens with two attached hydrogens (primary N) is 1. The van der Waals surface area contributed by atoms with Gasteiger partial charge in [0.15, 0.2) is 0 Å². The predicted molar refractivity (Wildman–Crippen MR) is 108 cm³/mol. The highest BCUT2D eigenvalue weighted by atomic mass is 32.2. The molecule has 0 aliphatic carbocycles. The van der Waals surface area contributed by atoms with E-state index in [0.717, 1.165) is 28.4 Å². The lowest BCUT2D eigenvalue weighted by Gasteiger charge is -2.16. The van der Waals surface area contributed by atoms with Gasteiger partial charge in [0.25, 0.3) is 5.69 Å². The van der Waals surface area contributed by atoms with Crippen LogP contribution in [0.4, 0.5) is 17.2 Å². The number of para-hydroxylation sites is 1. The molecule has 0 fully saturated rings. The topological polar surface area (TPSA) is 131 Å². The van der Waals surface area contributed by atoms with Gasteiger partial charge in [0.2, 0.25) is 10.0 Å². The van der Waals surface area contributed by atoms with Gasteiger partial charge in [-0.1, -0.05) is 18.2 Å². The number of nitro benzene ring substituents is 1. The fraction of sp³-hybridized carbons (Fsp3) is 0.167. The van der Waals surface area contributed by atoms with Crippen molar-refractivity contribution in [1.29, 1.82) is 0 Å². The average molecular weight is 401 g/mol. The molecule has 146 valence electrons. The van der Waals surface area contributed by atoms with E-state index in [4.69, 9.17) is 5.14 Å². The molecule has 0 spiro atoms. The molecule has 1 aromatic heterocycles. The number of anilines is 2. The maximum absolute atomic E-state index is 11.6. The van der Waals surface area contributed by atoms with Crippen molar-refractivity contribution < 1.29 is 13.3 Å². The standard InChI is InChI=1S/C18H19N5O4S/c1-22(2)18-7-12(16-5-3-4-6-17(16)21-18)11-20-13-8-14(23(24)25)10-15(9-13)28(19,26)27/h3-10,20H,11H2,1-2H3,(H2,19,26,27). The molecule has 1 heterocycles. The first-order valence-electron chi connectivity index (χ1n) is 8.27. The number of hydrogen-bond donors (Lipinski definition) is 2. The van der Waals surface area contributed by atoms with E-state index in [2.05, 4.69) is 10.3 Å². The summed E-state index contributed by atoms with van der Waals surface area (Å²) in [7, 11) is -0.314. The van der Waals surface area contributed by atoms with Gasteiger partial charge in [0.1, 0.15) is 5.82 Å². The molecule has 3 aromatic rings. The number of non-ortho nitro benzene ring substituents is 1. The normalized spacial score (nSPS) is 11.4. The summed E-state index contributed by atoms with van der Waals surface area (Å²) in [6, 6.07) is 13.0. The van der Waals surface area contributed by atoms with E-state index in [9.17, 15) is 18.5 Å². The van der Waals surface area contributed by atoms with Crippen LogP contribution in [0.3, 0.4) is 0 Å². The Morgan fingerprint density at radius 2 is 1.89 bits per heavy atom. The van der Waals surface area contributed by atoms with Gasteiger partial charge in [-0.25, -0.2) is 18.5 Å². The van der Waals surface area contributed by atoms with Gasteiger partial charge in [0, 0.05) is 43.8 Å². The third-order valence-corrected chi connectivity index (χ3v) is 5.05. The molecule has 0 aliphatic rings. The Bertz CT molecular complexity index is 1160. The third-order valence-electron chi connectivity index (χ3n) is 4.16. The maximum atomic E-state index is 11.6. The number of sulfonamides is 1. The lowest BCUT2D eigenvalue weighted by Crippen LogP contribution is -2.13. The van der Waals surface area contributed by atoms with E-state index in [1.807, 2.05) is 49.3 Å². The largest absolute Gasteiger partial charge is 0.381 e. The molecule has 3 N–H and O–H groups in total. The van der Waals surface area contributed by atoms with E-state index < -0.39 is 14.9 Å². The molecule has 0 amide bonds. The molecular formula is C18H19N5O4S. The molecule has 0 unspecified atom stereocenters. The number of nitrogens with one attached hydrogen (secondary N) is 1. The number of fused-ring (bicyclic) bond motifs is 1. The van der Waals surface area contributed by atoms with E-state index in [1.54, 1.807) is 0 Å². The zero-order valence-electron chi connectivity index (χ0n) is 15.3. The van der Waals surface area contributed by atoms with E-state index in [0.29, 0.717) is 6.54 Å². The van der Waals surface area contributed by atoms with Crippen LogP contribution in [0, 0.1) is 10.1 Å². The Labute approximate surface area is 162 Å². The van der Waals surface area contributed by atoms with Crippen LogP contribution in [-0.4, -0.2) is 32.4 Å². The second-order valence-electron chi connectivity index (χ2n) is 6.42. The lowest BCUT2D eigenvalue weighted by molar-refractivity contribution is -0.385. The molecule has 0 saturated heterocycles. The minimum Gasteiger partial charge on any atom is -0.381 e. The monoisotopic (exact) mass is 401 g/mol. The summed E-state index contributed by atoms with van der Waals surface area (Å²) in [5.74, 6) is 0.764. The first-order chi connectivity index (χ1) is 13.1. The van der Waals surface area contributed by atoms with Crippen LogP contribution in [0.1, 0.15) is 5.56 Å². The fourth-order valence-corrected chi connectivity index (χ4v) is 3.34. The van der Waals surface area contributed by atoms with Crippen LogP contribution in [0.15, 0.2) is 53.4 Å². The van der Waals surface area contributed by atoms with Crippen LogP contribution < -0.4 is 15.4 Å². The number of hydrogen-bond acceptors (Lipinski definition) is 7. The number of nitro groups is 1. The average Bonchev–Trinajstić information content (AvgIpc) is 2.64. The summed E-state index contributed by atoms with van der Waals surface area (Å²) in [5, 5.41) is 20.3. The summed E-state index contributed by atoms with van der Waals surface area (Å²) >= 11 is 0. The van der Waals surface area contributed by atoms with Gasteiger partial charge in [-0.3, -0.25) is 10.1 Å². The quantitative estimate of drug-likeness (QED) is 0.479. The van der Waals surface area contributed by atoms with Crippen LogP contribution in [0.5, 0.6) is 0 Å². The molecule has 9 nitrogen and oxygen atoms in total. The SMILES string of the molecule is CN(C)c1cc(CNc2cc([N+](=O)[O-])cc(S(N)(=O)=O)c2)c2ccccc2n1. The Morgan fingerprint density at radius 1 is 1.18 bits per heavy atom. The van der Waals surface area contributed by atoms with Crippen molar-refractivity contribution in [2.45, 2.75) is 11.4 Å². The smallest absolute Gasteiger partial charge is 0.272 e. The zero-order valence-corrected chi connectivity index (χ0v) is 16.1. The molecular weight excluding hydrogens is 382 g/mol. The van der Waals surface area contributed by atoms with Crippen molar-refractivity contribution in [3.05, 3.63) is 64.2 Å². The number of pyridine rings is 1. The summed E-state index contributed by atoms with van der Waals surface area (Å²) in [6.45, 7) is 0.315. The van der Waals surface area contributed by atoms with Crippen molar-refractivity contribution in [2.24, 2.45) is 5.14 Å². The molecule has 2 aromatic carbocycles.